The summed E-state index contributed by atoms with van der Waals surface area (Å²) < 4.78 is 107. The standard InChI is InChI=1S/C21H17B3O16S3.2Li/c1-14-8-2-5-11-17(14)41(29,30)38-22-35-23(39-42(31,32)18-12-6-3-9-15(18)20(25)26)37-24(36-22)40-43(33,34)19-13-7-4-10-16(19)21(27)28;;/h2-13H,1H3,(H,25,26)(H,27,28);;/q;2*+1/p-2. The van der Waals surface area contributed by atoms with Gasteiger partial charge >= 0.3 is 59.7 Å². The molecule has 0 unspecified atom stereocenters. The number of carbonyl (C=O) groups excluding carboxylic acids is 2. The Balaban J connectivity index is 0.00000353. The van der Waals surface area contributed by atoms with Crippen molar-refractivity contribution in [1.82, 2.24) is 0 Å². The van der Waals surface area contributed by atoms with Crippen molar-refractivity contribution < 1.29 is 109 Å². The monoisotopic (exact) mass is 666 g/mol. The predicted octanol–water partition coefficient (Wildman–Crippen LogP) is -7.74. The van der Waals surface area contributed by atoms with Gasteiger partial charge in [-0.3, -0.25) is 12.3 Å². The first-order chi connectivity index (χ1) is 20.1. The Kier molecular flexibility index (Phi) is 13.3. The first kappa shape index (κ1) is 38.8. The molecule has 0 aromatic heterocycles. The molecule has 16 nitrogen and oxygen atoms in total. The van der Waals surface area contributed by atoms with Gasteiger partial charge in [0.2, 0.25) is 0 Å². The molecule has 0 aliphatic carbocycles. The summed E-state index contributed by atoms with van der Waals surface area (Å²) in [5.41, 5.74) is -1.46. The number of aromatic carboxylic acids is 2. The second-order valence-corrected chi connectivity index (χ2v) is 12.9. The van der Waals surface area contributed by atoms with Crippen molar-refractivity contribution in [2.24, 2.45) is 0 Å². The maximum Gasteiger partial charge on any atom is 1.00 e. The van der Waals surface area contributed by atoms with Crippen LogP contribution < -0.4 is 47.9 Å². The maximum absolute atomic E-state index is 12.9. The van der Waals surface area contributed by atoms with Crippen LogP contribution in [0.1, 0.15) is 26.3 Å². The zero-order chi connectivity index (χ0) is 31.6. The van der Waals surface area contributed by atoms with Crippen molar-refractivity contribution in [2.45, 2.75) is 21.6 Å². The fraction of sp³-hybridized carbons (Fsp3) is 0.0476. The predicted molar refractivity (Wildman–Crippen MR) is 138 cm³/mol. The molecule has 4 rings (SSSR count). The third-order valence-electron chi connectivity index (χ3n) is 5.40. The third-order valence-corrected chi connectivity index (χ3v) is 9.42. The van der Waals surface area contributed by atoms with E-state index in [0.29, 0.717) is 0 Å². The van der Waals surface area contributed by atoms with Crippen molar-refractivity contribution in [3.05, 3.63) is 89.5 Å². The van der Waals surface area contributed by atoms with Crippen molar-refractivity contribution >= 4 is 64.3 Å². The summed E-state index contributed by atoms with van der Waals surface area (Å²) >= 11 is 0. The van der Waals surface area contributed by atoms with Crippen LogP contribution in [0.2, 0.25) is 0 Å². The number of hydrogen-bond donors (Lipinski definition) is 0. The van der Waals surface area contributed by atoms with Gasteiger partial charge in [0.1, 0.15) is 9.79 Å². The SMILES string of the molecule is Cc1ccccc1S(=O)(=O)OB1OB(OS(=O)(=O)c2ccccc2C(=O)[O-])OB(OS(=O)(=O)c2ccccc2C(=O)[O-])O1.[Li+].[Li+]. The first-order valence-corrected chi connectivity index (χ1v) is 15.8. The smallest absolute Gasteiger partial charge is 0.545 e. The molecule has 0 N–H and O–H groups in total. The van der Waals surface area contributed by atoms with Crippen LogP contribution in [0.4, 0.5) is 0 Å². The minimum absolute atomic E-state index is 0. The first-order valence-electron chi connectivity index (χ1n) is 11.5. The van der Waals surface area contributed by atoms with Gasteiger partial charge in [0.15, 0.2) is 0 Å². The Morgan fingerprint density at radius 3 is 1.18 bits per heavy atom. The normalized spacial score (nSPS) is 13.8. The molecule has 0 atom stereocenters. The Morgan fingerprint density at radius 2 is 0.844 bits per heavy atom. The molecule has 24 heteroatoms. The van der Waals surface area contributed by atoms with Gasteiger partial charge in [0.05, 0.1) is 16.8 Å². The van der Waals surface area contributed by atoms with Crippen LogP contribution in [-0.2, 0) is 56.4 Å². The number of hydrogen-bond acceptors (Lipinski definition) is 16. The molecular formula is C21H15B3Li2O16S3. The fourth-order valence-electron chi connectivity index (χ4n) is 3.51. The molecule has 0 saturated carbocycles. The number of carboxylic acid groups (broad SMARTS) is 2. The van der Waals surface area contributed by atoms with Crippen LogP contribution in [0.5, 0.6) is 0 Å². The maximum atomic E-state index is 12.9. The van der Waals surface area contributed by atoms with Crippen molar-refractivity contribution in [3.63, 3.8) is 0 Å². The molecule has 0 radical (unpaired) electrons. The Labute approximate surface area is 282 Å². The molecule has 0 amide bonds. The zero-order valence-corrected chi connectivity index (χ0v) is 25.9. The van der Waals surface area contributed by atoms with Crippen molar-refractivity contribution in [3.8, 4) is 0 Å². The van der Waals surface area contributed by atoms with Gasteiger partial charge in [-0.05, 0) is 30.7 Å². The molecule has 1 aliphatic heterocycles. The molecule has 1 saturated heterocycles. The van der Waals surface area contributed by atoms with Crippen LogP contribution in [0.15, 0.2) is 87.5 Å². The topological polar surface area (TPSA) is 238 Å². The number of aryl methyl sites for hydroxylation is 1. The molecule has 1 heterocycles. The van der Waals surface area contributed by atoms with Crippen LogP contribution in [0.3, 0.4) is 0 Å². The quantitative estimate of drug-likeness (QED) is 0.173. The average Bonchev–Trinajstić information content (AvgIpc) is 2.92. The summed E-state index contributed by atoms with van der Waals surface area (Å²) in [6.45, 7) is 1.42. The fourth-order valence-corrected chi connectivity index (χ4v) is 6.76. The summed E-state index contributed by atoms with van der Waals surface area (Å²) in [4.78, 5) is 20.6. The molecule has 1 aliphatic rings. The minimum Gasteiger partial charge on any atom is -0.545 e. The summed E-state index contributed by atoms with van der Waals surface area (Å²) in [6, 6.07) is 13.5. The largest absolute Gasteiger partial charge is 1.00 e. The van der Waals surface area contributed by atoms with E-state index in [1.54, 1.807) is 0 Å². The van der Waals surface area contributed by atoms with Gasteiger partial charge in [0.25, 0.3) is 30.4 Å². The third kappa shape index (κ3) is 9.33. The molecule has 1 fully saturated rings. The van der Waals surface area contributed by atoms with Gasteiger partial charge in [-0.2, -0.15) is 25.3 Å². The molecule has 45 heavy (non-hydrogen) atoms. The van der Waals surface area contributed by atoms with E-state index < -0.39 is 85.2 Å². The van der Waals surface area contributed by atoms with Crippen LogP contribution in [0, 0.1) is 6.92 Å². The summed E-state index contributed by atoms with van der Waals surface area (Å²) in [5.74, 6) is -3.80. The van der Waals surface area contributed by atoms with Crippen LogP contribution in [0.25, 0.3) is 0 Å². The van der Waals surface area contributed by atoms with E-state index in [1.807, 2.05) is 0 Å². The van der Waals surface area contributed by atoms with E-state index in [9.17, 15) is 45.1 Å². The number of carbonyl (C=O) groups is 2. The van der Waals surface area contributed by atoms with E-state index in [0.717, 1.165) is 42.5 Å². The molecule has 0 bridgehead atoms. The molecular weight excluding hydrogens is 651 g/mol. The second-order valence-electron chi connectivity index (χ2n) is 8.26. The van der Waals surface area contributed by atoms with E-state index in [-0.39, 0.29) is 48.2 Å². The van der Waals surface area contributed by atoms with Gasteiger partial charge in [-0.15, -0.1) is 0 Å². The van der Waals surface area contributed by atoms with Crippen molar-refractivity contribution in [2.75, 3.05) is 0 Å². The average molecular weight is 666 g/mol. The Bertz CT molecular complexity index is 1800. The van der Waals surface area contributed by atoms with E-state index >= 15 is 0 Å². The second kappa shape index (κ2) is 15.5. The van der Waals surface area contributed by atoms with Gasteiger partial charge < -0.3 is 33.5 Å². The zero-order valence-electron chi connectivity index (χ0n) is 23.4. The van der Waals surface area contributed by atoms with E-state index in [1.165, 1.54) is 37.3 Å². The summed E-state index contributed by atoms with van der Waals surface area (Å²) in [7, 11) is -22.7. The van der Waals surface area contributed by atoms with Gasteiger partial charge in [0, 0.05) is 11.1 Å². The number of rotatable bonds is 11. The molecule has 3 aromatic carbocycles. The van der Waals surface area contributed by atoms with Crippen LogP contribution in [-0.4, -0.2) is 59.2 Å². The number of carboxylic acids is 2. The molecule has 224 valence electrons. The van der Waals surface area contributed by atoms with Crippen molar-refractivity contribution in [1.29, 1.82) is 0 Å². The Hall–Kier alpha value is -2.40. The van der Waals surface area contributed by atoms with Crippen LogP contribution >= 0.6 is 0 Å². The van der Waals surface area contributed by atoms with Gasteiger partial charge in [-0.1, -0.05) is 54.6 Å². The van der Waals surface area contributed by atoms with E-state index in [4.69, 9.17) is 26.0 Å². The van der Waals surface area contributed by atoms with Gasteiger partial charge in [-0.25, -0.2) is 0 Å². The number of benzene rings is 3. The van der Waals surface area contributed by atoms with E-state index in [2.05, 4.69) is 0 Å². The summed E-state index contributed by atoms with van der Waals surface area (Å²) in [5, 5.41) is 22.8. The summed E-state index contributed by atoms with van der Waals surface area (Å²) in [6.07, 6.45) is 0. The molecule has 3 aromatic rings. The molecule has 0 spiro atoms. The Morgan fingerprint density at radius 1 is 0.556 bits per heavy atom. The minimum atomic E-state index is -5.12.